The minimum atomic E-state index is -0.973. The molecule has 4 saturated carbocycles. The van der Waals surface area contributed by atoms with Gasteiger partial charge in [0.25, 0.3) is 0 Å². The number of nitrogens with one attached hydrogen (secondary N) is 1. The van der Waals surface area contributed by atoms with Crippen molar-refractivity contribution in [3.05, 3.63) is 46.0 Å². The van der Waals surface area contributed by atoms with Gasteiger partial charge in [-0.1, -0.05) is 77.8 Å². The van der Waals surface area contributed by atoms with Crippen molar-refractivity contribution in [1.82, 2.24) is 5.32 Å². The average molecular weight is 795 g/mol. The summed E-state index contributed by atoms with van der Waals surface area (Å²) in [6, 6.07) is 7.74. The first kappa shape index (κ1) is 43.4. The summed E-state index contributed by atoms with van der Waals surface area (Å²) in [6.45, 7) is 26.7. The van der Waals surface area contributed by atoms with E-state index in [2.05, 4.69) is 53.8 Å². The number of esters is 2. The molecule has 0 aromatic heterocycles. The summed E-state index contributed by atoms with van der Waals surface area (Å²) in [4.78, 5) is 40.9. The minimum Gasteiger partial charge on any atom is -0.462 e. The molecule has 4 fully saturated rings. The Morgan fingerprint density at radius 3 is 2.16 bits per heavy atom. The van der Waals surface area contributed by atoms with Crippen LogP contribution in [0.1, 0.15) is 146 Å². The molecular formula is C48H72ClNO6. The van der Waals surface area contributed by atoms with Crippen LogP contribution in [0.2, 0.25) is 5.02 Å². The number of carbonyl (C=O) groups is 3. The Labute approximate surface area is 342 Å². The molecule has 1 unspecified atom stereocenters. The lowest BCUT2D eigenvalue weighted by atomic mass is 9.33. The zero-order chi connectivity index (χ0) is 41.4. The number of Topliss-reactive ketones (excluding diaryl/α,β-unsaturated/α-hetero) is 1. The quantitative estimate of drug-likeness (QED) is 0.228. The van der Waals surface area contributed by atoms with Crippen molar-refractivity contribution >= 4 is 29.3 Å². The number of rotatable bonds is 10. The molecule has 312 valence electrons. The monoisotopic (exact) mass is 794 g/mol. The molecule has 1 aromatic carbocycles. The van der Waals surface area contributed by atoms with Gasteiger partial charge in [-0.15, -0.1) is 0 Å². The van der Waals surface area contributed by atoms with E-state index in [1.54, 1.807) is 13.8 Å². The van der Waals surface area contributed by atoms with E-state index in [4.69, 9.17) is 21.1 Å². The van der Waals surface area contributed by atoms with Crippen LogP contribution in [0, 0.1) is 62.6 Å². The normalized spacial score (nSPS) is 35.9. The predicted octanol–water partition coefficient (Wildman–Crippen LogP) is 10.3. The van der Waals surface area contributed by atoms with Gasteiger partial charge >= 0.3 is 11.9 Å². The fraction of sp³-hybridized carbons (Fsp3) is 0.771. The molecule has 56 heavy (non-hydrogen) atoms. The van der Waals surface area contributed by atoms with E-state index in [1.807, 2.05) is 45.0 Å². The minimum absolute atomic E-state index is 0.00756. The average Bonchev–Trinajstić information content (AvgIpc) is 3.38. The van der Waals surface area contributed by atoms with Crippen LogP contribution >= 0.6 is 11.6 Å². The van der Waals surface area contributed by atoms with Crippen molar-refractivity contribution < 1.29 is 29.0 Å². The summed E-state index contributed by atoms with van der Waals surface area (Å²) in [5.41, 5.74) is 1.91. The number of ketones is 1. The molecule has 0 bridgehead atoms. The fourth-order valence-corrected chi connectivity index (χ4v) is 13.5. The summed E-state index contributed by atoms with van der Waals surface area (Å²) in [5.74, 6) is 0.551. The maximum Gasteiger partial charge on any atom is 0.312 e. The van der Waals surface area contributed by atoms with Crippen LogP contribution in [0.3, 0.4) is 0 Å². The van der Waals surface area contributed by atoms with Crippen molar-refractivity contribution in [3.63, 3.8) is 0 Å². The molecule has 1 aromatic rings. The van der Waals surface area contributed by atoms with Gasteiger partial charge in [-0.2, -0.15) is 0 Å². The molecule has 7 nitrogen and oxygen atoms in total. The van der Waals surface area contributed by atoms with Crippen LogP contribution in [-0.4, -0.2) is 47.2 Å². The van der Waals surface area contributed by atoms with E-state index >= 15 is 0 Å². The Morgan fingerprint density at radius 2 is 1.54 bits per heavy atom. The number of allylic oxidation sites excluding steroid dienone is 2. The topological polar surface area (TPSA) is 102 Å². The van der Waals surface area contributed by atoms with Crippen LogP contribution in [0.5, 0.6) is 0 Å². The van der Waals surface area contributed by atoms with E-state index in [0.29, 0.717) is 35.9 Å². The number of benzene rings is 1. The van der Waals surface area contributed by atoms with E-state index in [9.17, 15) is 19.5 Å². The summed E-state index contributed by atoms with van der Waals surface area (Å²) in [7, 11) is 0. The zero-order valence-electron chi connectivity index (χ0n) is 36.6. The molecule has 0 heterocycles. The van der Waals surface area contributed by atoms with Crippen molar-refractivity contribution in [2.75, 3.05) is 6.54 Å². The molecule has 2 N–H and O–H groups in total. The molecule has 0 aliphatic heterocycles. The maximum atomic E-state index is 14.4. The number of aliphatic hydroxyl groups excluding tert-OH is 1. The molecule has 0 amide bonds. The summed E-state index contributed by atoms with van der Waals surface area (Å²) in [6.07, 6.45) is 7.26. The van der Waals surface area contributed by atoms with Crippen LogP contribution in [0.25, 0.3) is 0 Å². The Bertz CT molecular complexity index is 1710. The molecule has 10 atom stereocenters. The highest BCUT2D eigenvalue weighted by molar-refractivity contribution is 6.30. The lowest BCUT2D eigenvalue weighted by molar-refractivity contribution is -0.232. The Hall–Kier alpha value is -2.22. The van der Waals surface area contributed by atoms with Gasteiger partial charge in [0, 0.05) is 23.5 Å². The van der Waals surface area contributed by atoms with E-state index in [0.717, 1.165) is 62.5 Å². The maximum absolute atomic E-state index is 14.4. The van der Waals surface area contributed by atoms with Gasteiger partial charge in [0.2, 0.25) is 0 Å². The number of hydrogen-bond acceptors (Lipinski definition) is 7. The number of aliphatic hydroxyl groups is 1. The van der Waals surface area contributed by atoms with Gasteiger partial charge < -0.3 is 19.9 Å². The Kier molecular flexibility index (Phi) is 11.7. The smallest absolute Gasteiger partial charge is 0.312 e. The van der Waals surface area contributed by atoms with E-state index in [-0.39, 0.29) is 63.7 Å². The molecule has 0 saturated heterocycles. The fourth-order valence-electron chi connectivity index (χ4n) is 13.4. The molecule has 6 rings (SSSR count). The zero-order valence-corrected chi connectivity index (χ0v) is 37.3. The standard InChI is InChI=1S/C48H72ClNO6/c1-28(2)38-39-31(40(41(38)53)33(51)27-50-26-29-13-15-30(49)16-14-29)19-23-47(11)32(39)17-18-35-46(10)22-21-36(45(8,9)34(46)20-24-48(35,47)12)55-37(52)25-44(6,7)42(54)56-43(3,4)5/h13-16,28,31-36,40,50-51H,17-27H2,1-12H3/t31?,32-,33+,34+,35-,36+,40-,46+,47-,48-/m1/s1. The highest BCUT2D eigenvalue weighted by Gasteiger charge is 2.69. The molecule has 8 heteroatoms. The van der Waals surface area contributed by atoms with Crippen LogP contribution in [0.4, 0.5) is 0 Å². The number of halogens is 1. The third kappa shape index (κ3) is 7.46. The largest absolute Gasteiger partial charge is 0.462 e. The first-order valence-electron chi connectivity index (χ1n) is 21.7. The number of fused-ring (bicyclic) bond motifs is 7. The first-order valence-corrected chi connectivity index (χ1v) is 22.1. The van der Waals surface area contributed by atoms with Gasteiger partial charge in [-0.3, -0.25) is 14.4 Å². The van der Waals surface area contributed by atoms with Crippen molar-refractivity contribution in [2.24, 2.45) is 62.6 Å². The van der Waals surface area contributed by atoms with Crippen molar-refractivity contribution in [1.29, 1.82) is 0 Å². The summed E-state index contributed by atoms with van der Waals surface area (Å²) in [5, 5.41) is 15.8. The number of ether oxygens (including phenoxy) is 2. The van der Waals surface area contributed by atoms with Gasteiger partial charge in [0.05, 0.1) is 23.9 Å². The van der Waals surface area contributed by atoms with E-state index < -0.39 is 23.0 Å². The van der Waals surface area contributed by atoms with Gasteiger partial charge in [-0.05, 0) is 155 Å². The lowest BCUT2D eigenvalue weighted by Gasteiger charge is -2.71. The second-order valence-electron chi connectivity index (χ2n) is 21.9. The van der Waals surface area contributed by atoms with Crippen LogP contribution in [0.15, 0.2) is 35.4 Å². The lowest BCUT2D eigenvalue weighted by Crippen LogP contribution is -2.65. The van der Waals surface area contributed by atoms with Gasteiger partial charge in [0.15, 0.2) is 5.78 Å². The second kappa shape index (κ2) is 15.1. The number of hydrogen-bond donors (Lipinski definition) is 2. The molecule has 0 spiro atoms. The highest BCUT2D eigenvalue weighted by Crippen LogP contribution is 2.76. The summed E-state index contributed by atoms with van der Waals surface area (Å²) >= 11 is 6.08. The first-order chi connectivity index (χ1) is 25.9. The predicted molar refractivity (Wildman–Crippen MR) is 223 cm³/mol. The van der Waals surface area contributed by atoms with Crippen molar-refractivity contribution in [2.45, 2.75) is 165 Å². The van der Waals surface area contributed by atoms with Gasteiger partial charge in [0.1, 0.15) is 11.7 Å². The number of carbonyl (C=O) groups excluding carboxylic acids is 3. The Balaban J connectivity index is 1.18. The van der Waals surface area contributed by atoms with Crippen LogP contribution in [-0.2, 0) is 30.4 Å². The van der Waals surface area contributed by atoms with Crippen molar-refractivity contribution in [3.8, 4) is 0 Å². The molecule has 5 aliphatic rings. The SMILES string of the molecule is CC(C)C1=C2C(CC[C@]3(C)[C@@H]2CC[C@@H]2[C@@]4(C)CC[C@H](OC(=O)CC(C)(C)C(=O)OC(C)(C)C)C(C)(C)[C@@H]4CC[C@]23C)[C@H]([C@@H](O)CNCc2ccc(Cl)cc2)C1=O. The van der Waals surface area contributed by atoms with Gasteiger partial charge in [-0.25, -0.2) is 0 Å². The molecular weight excluding hydrogens is 722 g/mol. The second-order valence-corrected chi connectivity index (χ2v) is 22.3. The Morgan fingerprint density at radius 1 is 0.893 bits per heavy atom. The highest BCUT2D eigenvalue weighted by atomic mass is 35.5. The summed E-state index contributed by atoms with van der Waals surface area (Å²) < 4.78 is 12.0. The van der Waals surface area contributed by atoms with E-state index in [1.165, 1.54) is 5.57 Å². The van der Waals surface area contributed by atoms with Crippen LogP contribution < -0.4 is 5.32 Å². The third-order valence-corrected chi connectivity index (χ3v) is 16.5. The molecule has 0 radical (unpaired) electrons. The molecule has 5 aliphatic carbocycles. The third-order valence-electron chi connectivity index (χ3n) is 16.3.